The maximum atomic E-state index is 13.4. The first kappa shape index (κ1) is 26.1. The van der Waals surface area contributed by atoms with Crippen LogP contribution in [0.25, 0.3) is 0 Å². The SMILES string of the molecule is CC(C)(C)c1ccc(S(=O)(=O)N2CCN(C(=O)CN3CCc4sccc4[C@H]3c3ccccc3)CC2)cc1. The number of rotatable bonds is 5. The van der Waals surface area contributed by atoms with Crippen molar-refractivity contribution in [2.45, 2.75) is 43.5 Å². The molecule has 2 aromatic carbocycles. The van der Waals surface area contributed by atoms with Crippen LogP contribution in [0.5, 0.6) is 0 Å². The number of sulfonamides is 1. The number of amides is 1. The summed E-state index contributed by atoms with van der Waals surface area (Å²) < 4.78 is 28.0. The lowest BCUT2D eigenvalue weighted by atomic mass is 9.87. The van der Waals surface area contributed by atoms with Gasteiger partial charge in [0, 0.05) is 37.6 Å². The molecule has 196 valence electrons. The van der Waals surface area contributed by atoms with Gasteiger partial charge in [0.2, 0.25) is 15.9 Å². The van der Waals surface area contributed by atoms with Crippen molar-refractivity contribution in [3.63, 3.8) is 0 Å². The largest absolute Gasteiger partial charge is 0.339 e. The normalized spacial score (nSPS) is 19.5. The van der Waals surface area contributed by atoms with E-state index in [1.54, 1.807) is 23.5 Å². The molecule has 0 bridgehead atoms. The van der Waals surface area contributed by atoms with E-state index >= 15 is 0 Å². The van der Waals surface area contributed by atoms with Crippen LogP contribution in [-0.4, -0.2) is 67.7 Å². The highest BCUT2D eigenvalue weighted by Crippen LogP contribution is 2.37. The van der Waals surface area contributed by atoms with Crippen LogP contribution in [0, 0.1) is 0 Å². The number of fused-ring (bicyclic) bond motifs is 1. The van der Waals surface area contributed by atoms with Gasteiger partial charge >= 0.3 is 0 Å². The van der Waals surface area contributed by atoms with Crippen molar-refractivity contribution in [3.05, 3.63) is 87.6 Å². The molecule has 6 nitrogen and oxygen atoms in total. The Morgan fingerprint density at radius 3 is 2.24 bits per heavy atom. The van der Waals surface area contributed by atoms with E-state index in [1.807, 2.05) is 35.2 Å². The summed E-state index contributed by atoms with van der Waals surface area (Å²) in [7, 11) is -3.59. The maximum absolute atomic E-state index is 13.4. The van der Waals surface area contributed by atoms with Gasteiger partial charge in [-0.05, 0) is 52.1 Å². The lowest BCUT2D eigenvalue weighted by Gasteiger charge is -2.39. The molecule has 37 heavy (non-hydrogen) atoms. The second-order valence-corrected chi connectivity index (χ2v) is 13.8. The second kappa shape index (κ2) is 10.3. The molecule has 2 aliphatic heterocycles. The molecule has 0 unspecified atom stereocenters. The fourth-order valence-corrected chi connectivity index (χ4v) is 7.62. The number of piperazine rings is 1. The van der Waals surface area contributed by atoms with Gasteiger partial charge in [0.05, 0.1) is 17.5 Å². The molecule has 0 spiro atoms. The van der Waals surface area contributed by atoms with Gasteiger partial charge in [0.25, 0.3) is 0 Å². The van der Waals surface area contributed by atoms with Gasteiger partial charge in [0.1, 0.15) is 0 Å². The lowest BCUT2D eigenvalue weighted by molar-refractivity contribution is -0.134. The standard InChI is InChI=1S/C29H35N3O3S2/c1-29(2,3)23-9-11-24(12-10-23)37(34,35)32-18-16-30(17-19-32)27(33)21-31-15-13-26-25(14-20-36-26)28(31)22-7-5-4-6-8-22/h4-12,14,20,28H,13,15-19,21H2,1-3H3/t28-/m1/s1. The smallest absolute Gasteiger partial charge is 0.243 e. The molecule has 1 aromatic heterocycles. The lowest BCUT2D eigenvalue weighted by Crippen LogP contribution is -2.53. The van der Waals surface area contributed by atoms with Crippen molar-refractivity contribution in [2.24, 2.45) is 0 Å². The number of nitrogens with zero attached hydrogens (tertiary/aromatic N) is 3. The van der Waals surface area contributed by atoms with Crippen LogP contribution in [0.3, 0.4) is 0 Å². The molecule has 5 rings (SSSR count). The topological polar surface area (TPSA) is 60.9 Å². The van der Waals surface area contributed by atoms with E-state index in [0.717, 1.165) is 18.5 Å². The molecule has 0 saturated carbocycles. The third kappa shape index (κ3) is 5.39. The molecule has 0 radical (unpaired) electrons. The molecule has 1 atom stereocenters. The fourth-order valence-electron chi connectivity index (χ4n) is 5.29. The molecule has 1 fully saturated rings. The van der Waals surface area contributed by atoms with Crippen LogP contribution in [0.4, 0.5) is 0 Å². The monoisotopic (exact) mass is 537 g/mol. The van der Waals surface area contributed by atoms with E-state index in [2.05, 4.69) is 49.3 Å². The summed E-state index contributed by atoms with van der Waals surface area (Å²) in [6.45, 7) is 8.93. The summed E-state index contributed by atoms with van der Waals surface area (Å²) in [6, 6.07) is 19.8. The minimum atomic E-state index is -3.59. The quantitative estimate of drug-likeness (QED) is 0.480. The Morgan fingerprint density at radius 2 is 1.59 bits per heavy atom. The molecule has 3 heterocycles. The van der Waals surface area contributed by atoms with Crippen LogP contribution in [0.2, 0.25) is 0 Å². The summed E-state index contributed by atoms with van der Waals surface area (Å²) in [5.74, 6) is 0.0613. The minimum Gasteiger partial charge on any atom is -0.339 e. The highest BCUT2D eigenvalue weighted by Gasteiger charge is 2.34. The van der Waals surface area contributed by atoms with E-state index in [0.29, 0.717) is 37.6 Å². The summed E-state index contributed by atoms with van der Waals surface area (Å²) >= 11 is 1.79. The number of hydrogen-bond donors (Lipinski definition) is 0. The van der Waals surface area contributed by atoms with Gasteiger partial charge in [0.15, 0.2) is 0 Å². The zero-order chi connectivity index (χ0) is 26.2. The Balaban J connectivity index is 1.24. The van der Waals surface area contributed by atoms with Crippen molar-refractivity contribution < 1.29 is 13.2 Å². The average Bonchev–Trinajstić information content (AvgIpc) is 3.37. The van der Waals surface area contributed by atoms with Crippen LogP contribution < -0.4 is 0 Å². The number of benzene rings is 2. The Hall–Kier alpha value is -2.52. The summed E-state index contributed by atoms with van der Waals surface area (Å²) in [4.78, 5) is 19.2. The number of hydrogen-bond acceptors (Lipinski definition) is 5. The number of carbonyl (C=O) groups is 1. The predicted octanol–water partition coefficient (Wildman–Crippen LogP) is 4.53. The second-order valence-electron chi connectivity index (χ2n) is 10.9. The Bertz CT molecular complexity index is 1340. The van der Waals surface area contributed by atoms with Gasteiger partial charge in [-0.25, -0.2) is 8.42 Å². The zero-order valence-corrected chi connectivity index (χ0v) is 23.4. The molecule has 1 saturated heterocycles. The maximum Gasteiger partial charge on any atom is 0.243 e. The average molecular weight is 538 g/mol. The van der Waals surface area contributed by atoms with Crippen molar-refractivity contribution in [3.8, 4) is 0 Å². The van der Waals surface area contributed by atoms with E-state index in [1.165, 1.54) is 20.3 Å². The molecule has 0 N–H and O–H groups in total. The van der Waals surface area contributed by atoms with E-state index in [-0.39, 0.29) is 17.4 Å². The van der Waals surface area contributed by atoms with E-state index in [9.17, 15) is 13.2 Å². The predicted molar refractivity (Wildman–Crippen MR) is 148 cm³/mol. The Labute approximate surface area is 224 Å². The fraction of sp³-hybridized carbons (Fsp3) is 0.414. The highest BCUT2D eigenvalue weighted by molar-refractivity contribution is 7.89. The van der Waals surface area contributed by atoms with E-state index < -0.39 is 10.0 Å². The molecule has 8 heteroatoms. The van der Waals surface area contributed by atoms with Gasteiger partial charge in [-0.1, -0.05) is 63.2 Å². The van der Waals surface area contributed by atoms with Gasteiger partial charge < -0.3 is 4.90 Å². The van der Waals surface area contributed by atoms with Gasteiger partial charge in [-0.2, -0.15) is 4.31 Å². The molecule has 2 aliphatic rings. The molecular weight excluding hydrogens is 502 g/mol. The summed E-state index contributed by atoms with van der Waals surface area (Å²) in [6.07, 6.45) is 0.948. The summed E-state index contributed by atoms with van der Waals surface area (Å²) in [5.41, 5.74) is 3.56. The third-order valence-electron chi connectivity index (χ3n) is 7.47. The van der Waals surface area contributed by atoms with Crippen LogP contribution in [-0.2, 0) is 26.7 Å². The van der Waals surface area contributed by atoms with Crippen molar-refractivity contribution in [1.29, 1.82) is 0 Å². The zero-order valence-electron chi connectivity index (χ0n) is 21.8. The molecule has 1 amide bonds. The molecular formula is C29H35N3O3S2. The van der Waals surface area contributed by atoms with Crippen molar-refractivity contribution >= 4 is 27.3 Å². The van der Waals surface area contributed by atoms with Crippen LogP contribution in [0.15, 0.2) is 70.9 Å². The van der Waals surface area contributed by atoms with Gasteiger partial charge in [-0.15, -0.1) is 11.3 Å². The first-order valence-electron chi connectivity index (χ1n) is 12.9. The third-order valence-corrected chi connectivity index (χ3v) is 10.4. The number of carbonyl (C=O) groups excluding carboxylic acids is 1. The van der Waals surface area contributed by atoms with Crippen molar-refractivity contribution in [2.75, 3.05) is 39.3 Å². The minimum absolute atomic E-state index is 0.0346. The number of thiophene rings is 1. The summed E-state index contributed by atoms with van der Waals surface area (Å²) in [5, 5.41) is 2.14. The molecule has 0 aliphatic carbocycles. The van der Waals surface area contributed by atoms with Crippen molar-refractivity contribution in [1.82, 2.24) is 14.1 Å². The molecule has 3 aromatic rings. The highest BCUT2D eigenvalue weighted by atomic mass is 32.2. The van der Waals surface area contributed by atoms with Crippen LogP contribution >= 0.6 is 11.3 Å². The van der Waals surface area contributed by atoms with Gasteiger partial charge in [-0.3, -0.25) is 9.69 Å². The van der Waals surface area contributed by atoms with E-state index in [4.69, 9.17) is 0 Å². The first-order chi connectivity index (χ1) is 17.6. The van der Waals surface area contributed by atoms with Crippen LogP contribution in [0.1, 0.15) is 48.4 Å². The Kier molecular flexibility index (Phi) is 7.29. The Morgan fingerprint density at radius 1 is 0.919 bits per heavy atom. The first-order valence-corrected chi connectivity index (χ1v) is 15.2.